The second-order valence-corrected chi connectivity index (χ2v) is 20.3. The highest BCUT2D eigenvalue weighted by Crippen LogP contribution is 2.38. The van der Waals surface area contributed by atoms with E-state index < -0.39 is 13.9 Å². The molecule has 2 unspecified atom stereocenters. The molecular formula is C52H102NO7P. The molecule has 0 spiro atoms. The van der Waals surface area contributed by atoms with Gasteiger partial charge in [-0.25, -0.2) is 0 Å². The number of ether oxygens (including phenoxy) is 2. The van der Waals surface area contributed by atoms with Gasteiger partial charge >= 0.3 is 5.97 Å². The van der Waals surface area contributed by atoms with E-state index >= 15 is 0 Å². The number of allylic oxidation sites excluding steroid dienone is 4. The number of quaternary nitrogens is 1. The Morgan fingerprint density at radius 3 is 1.36 bits per heavy atom. The van der Waals surface area contributed by atoms with Gasteiger partial charge in [0.25, 0.3) is 7.82 Å². The predicted molar refractivity (Wildman–Crippen MR) is 259 cm³/mol. The maximum atomic E-state index is 12.8. The summed E-state index contributed by atoms with van der Waals surface area (Å²) in [6.45, 7) is 5.43. The second-order valence-electron chi connectivity index (χ2n) is 18.9. The zero-order valence-electron chi connectivity index (χ0n) is 41.1. The smallest absolute Gasteiger partial charge is 0.306 e. The van der Waals surface area contributed by atoms with Crippen LogP contribution in [0.4, 0.5) is 0 Å². The largest absolute Gasteiger partial charge is 0.756 e. The molecule has 0 aliphatic heterocycles. The molecule has 61 heavy (non-hydrogen) atoms. The molecule has 8 nitrogen and oxygen atoms in total. The highest BCUT2D eigenvalue weighted by molar-refractivity contribution is 7.45. The van der Waals surface area contributed by atoms with Crippen LogP contribution in [-0.4, -0.2) is 70.7 Å². The summed E-state index contributed by atoms with van der Waals surface area (Å²) in [5.41, 5.74) is 0. The summed E-state index contributed by atoms with van der Waals surface area (Å²) in [6, 6.07) is 0. The van der Waals surface area contributed by atoms with Crippen LogP contribution in [0.25, 0.3) is 0 Å². The van der Waals surface area contributed by atoms with Gasteiger partial charge in [0.15, 0.2) is 0 Å². The van der Waals surface area contributed by atoms with E-state index in [4.69, 9.17) is 18.5 Å². The lowest BCUT2D eigenvalue weighted by Gasteiger charge is -2.28. The van der Waals surface area contributed by atoms with Gasteiger partial charge in [-0.3, -0.25) is 9.36 Å². The number of unbranched alkanes of at least 4 members (excludes halogenated alkanes) is 31. The van der Waals surface area contributed by atoms with Gasteiger partial charge < -0.3 is 27.9 Å². The Hall–Kier alpha value is -1.02. The lowest BCUT2D eigenvalue weighted by Crippen LogP contribution is -2.37. The van der Waals surface area contributed by atoms with Crippen LogP contribution < -0.4 is 4.89 Å². The summed E-state index contributed by atoms with van der Waals surface area (Å²) < 4.78 is 34.8. The Balaban J connectivity index is 4.11. The first-order chi connectivity index (χ1) is 29.6. The molecule has 0 N–H and O–H groups in total. The van der Waals surface area contributed by atoms with E-state index in [1.165, 1.54) is 186 Å². The van der Waals surface area contributed by atoms with Crippen LogP contribution >= 0.6 is 7.82 Å². The summed E-state index contributed by atoms with van der Waals surface area (Å²) in [7, 11) is 1.36. The number of hydrogen-bond acceptors (Lipinski definition) is 7. The SMILES string of the molecule is CCCCC/C=C\C/C=C\CCCCCCCCCCOCC(COP(=O)([O-])OCC[N+](C)(C)C)OC(=O)CCCCCCCCCCCCCCCCCCCCCCC. The molecule has 0 radical (unpaired) electrons. The third-order valence-corrected chi connectivity index (χ3v) is 12.5. The summed E-state index contributed by atoms with van der Waals surface area (Å²) >= 11 is 0. The third-order valence-electron chi connectivity index (χ3n) is 11.5. The molecule has 0 aromatic heterocycles. The summed E-state index contributed by atoms with van der Waals surface area (Å²) in [6.07, 6.45) is 53.4. The molecule has 0 saturated carbocycles. The van der Waals surface area contributed by atoms with Crippen molar-refractivity contribution < 1.29 is 37.3 Å². The number of likely N-dealkylation sites (N-methyl/N-ethyl adjacent to an activating group) is 1. The van der Waals surface area contributed by atoms with Crippen molar-refractivity contribution in [2.75, 3.05) is 54.1 Å². The number of phosphoric acid groups is 1. The van der Waals surface area contributed by atoms with Crippen molar-refractivity contribution in [1.82, 2.24) is 0 Å². The van der Waals surface area contributed by atoms with Gasteiger partial charge in [0.2, 0.25) is 0 Å². The maximum Gasteiger partial charge on any atom is 0.306 e. The van der Waals surface area contributed by atoms with E-state index in [1.807, 2.05) is 21.1 Å². The van der Waals surface area contributed by atoms with E-state index in [2.05, 4.69) is 38.2 Å². The van der Waals surface area contributed by atoms with Crippen molar-refractivity contribution in [1.29, 1.82) is 0 Å². The summed E-state index contributed by atoms with van der Waals surface area (Å²) in [4.78, 5) is 25.2. The van der Waals surface area contributed by atoms with Crippen LogP contribution in [0.1, 0.15) is 245 Å². The number of nitrogens with zero attached hydrogens (tertiary/aromatic N) is 1. The molecule has 0 aliphatic rings. The number of rotatable bonds is 49. The minimum Gasteiger partial charge on any atom is -0.756 e. The average Bonchev–Trinajstić information content (AvgIpc) is 3.22. The molecular weight excluding hydrogens is 782 g/mol. The fourth-order valence-electron chi connectivity index (χ4n) is 7.46. The summed E-state index contributed by atoms with van der Waals surface area (Å²) in [5.74, 6) is -0.331. The van der Waals surface area contributed by atoms with Crippen LogP contribution in [0, 0.1) is 0 Å². The first-order valence-corrected chi connectivity index (χ1v) is 27.5. The van der Waals surface area contributed by atoms with Gasteiger partial charge in [0.1, 0.15) is 19.3 Å². The van der Waals surface area contributed by atoms with Gasteiger partial charge in [0, 0.05) is 13.0 Å². The molecule has 0 saturated heterocycles. The quantitative estimate of drug-likeness (QED) is 0.0197. The fraction of sp³-hybridized carbons (Fsp3) is 0.904. The van der Waals surface area contributed by atoms with Crippen LogP contribution in [0.5, 0.6) is 0 Å². The normalized spacial score (nSPS) is 13.7. The zero-order valence-corrected chi connectivity index (χ0v) is 42.0. The van der Waals surface area contributed by atoms with Crippen molar-refractivity contribution >= 4 is 13.8 Å². The van der Waals surface area contributed by atoms with Crippen LogP contribution in [0.2, 0.25) is 0 Å². The highest BCUT2D eigenvalue weighted by Gasteiger charge is 2.20. The molecule has 362 valence electrons. The second kappa shape index (κ2) is 45.5. The summed E-state index contributed by atoms with van der Waals surface area (Å²) in [5, 5.41) is 0. The van der Waals surface area contributed by atoms with Crippen molar-refractivity contribution in [3.63, 3.8) is 0 Å². The minimum absolute atomic E-state index is 0.0272. The number of hydrogen-bond donors (Lipinski definition) is 0. The molecule has 0 fully saturated rings. The van der Waals surface area contributed by atoms with Gasteiger partial charge in [0.05, 0.1) is 34.4 Å². The van der Waals surface area contributed by atoms with Crippen molar-refractivity contribution in [3.05, 3.63) is 24.3 Å². The lowest BCUT2D eigenvalue weighted by molar-refractivity contribution is -0.870. The molecule has 0 aromatic carbocycles. The van der Waals surface area contributed by atoms with Gasteiger partial charge in [-0.05, 0) is 44.9 Å². The molecule has 2 atom stereocenters. The Kier molecular flexibility index (Phi) is 44.8. The number of carbonyl (C=O) groups is 1. The van der Waals surface area contributed by atoms with E-state index in [0.29, 0.717) is 24.1 Å². The Labute approximate surface area is 379 Å². The number of phosphoric ester groups is 1. The third kappa shape index (κ3) is 49.8. The Bertz CT molecular complexity index is 1030. The van der Waals surface area contributed by atoms with Gasteiger partial charge in [-0.2, -0.15) is 0 Å². The van der Waals surface area contributed by atoms with Crippen molar-refractivity contribution in [3.8, 4) is 0 Å². The van der Waals surface area contributed by atoms with E-state index in [1.54, 1.807) is 0 Å². The molecule has 0 heterocycles. The van der Waals surface area contributed by atoms with E-state index in [-0.39, 0.29) is 25.8 Å². The molecule has 0 rings (SSSR count). The predicted octanol–water partition coefficient (Wildman–Crippen LogP) is 15.3. The lowest BCUT2D eigenvalue weighted by atomic mass is 10.0. The first-order valence-electron chi connectivity index (χ1n) is 26.1. The molecule has 0 aromatic rings. The monoisotopic (exact) mass is 884 g/mol. The number of carbonyl (C=O) groups excluding carboxylic acids is 1. The van der Waals surface area contributed by atoms with Crippen LogP contribution in [0.15, 0.2) is 24.3 Å². The van der Waals surface area contributed by atoms with Crippen molar-refractivity contribution in [2.45, 2.75) is 251 Å². The molecule has 9 heteroatoms. The Morgan fingerprint density at radius 1 is 0.508 bits per heavy atom. The molecule has 0 aliphatic carbocycles. The highest BCUT2D eigenvalue weighted by atomic mass is 31.2. The molecule has 0 amide bonds. The van der Waals surface area contributed by atoms with Crippen molar-refractivity contribution in [2.24, 2.45) is 0 Å². The Morgan fingerprint density at radius 2 is 0.902 bits per heavy atom. The standard InChI is InChI=1S/C52H102NO7P/c1-6-8-10-12-14-16-18-20-22-24-26-27-28-29-31-33-35-37-39-41-43-45-52(54)60-51(50-59-61(55,56)58-48-46-53(3,4)5)49-57-47-44-42-40-38-36-34-32-30-25-23-21-19-17-15-13-11-9-7-2/h15,17,21,23,51H,6-14,16,18-20,22,24-50H2,1-5H3/b17-15-,23-21-. The minimum atomic E-state index is -4.53. The fourth-order valence-corrected chi connectivity index (χ4v) is 8.19. The van der Waals surface area contributed by atoms with Crippen LogP contribution in [-0.2, 0) is 27.9 Å². The zero-order chi connectivity index (χ0) is 44.8. The topological polar surface area (TPSA) is 94.1 Å². The van der Waals surface area contributed by atoms with Gasteiger partial charge in [-0.1, -0.05) is 218 Å². The maximum absolute atomic E-state index is 12.8. The van der Waals surface area contributed by atoms with E-state index in [9.17, 15) is 14.3 Å². The van der Waals surface area contributed by atoms with E-state index in [0.717, 1.165) is 38.5 Å². The number of esters is 1. The van der Waals surface area contributed by atoms with Gasteiger partial charge in [-0.15, -0.1) is 0 Å². The van der Waals surface area contributed by atoms with Crippen LogP contribution in [0.3, 0.4) is 0 Å². The first kappa shape index (κ1) is 60.0. The molecule has 0 bridgehead atoms. The average molecular weight is 884 g/mol.